The lowest BCUT2D eigenvalue weighted by Crippen LogP contribution is -2.41. The van der Waals surface area contributed by atoms with E-state index in [9.17, 15) is 19.5 Å². The maximum Gasteiger partial charge on any atom is 0.316 e. The third-order valence-electron chi connectivity index (χ3n) is 5.51. The van der Waals surface area contributed by atoms with Gasteiger partial charge in [-0.05, 0) is 39.0 Å². The molecule has 1 fully saturated rings. The van der Waals surface area contributed by atoms with E-state index in [2.05, 4.69) is 0 Å². The molecule has 1 rings (SSSR count). The Morgan fingerprint density at radius 1 is 0.963 bits per heavy atom. The molecule has 0 aromatic carbocycles. The molecule has 0 saturated heterocycles. The van der Waals surface area contributed by atoms with Gasteiger partial charge in [0.1, 0.15) is 13.2 Å². The van der Waals surface area contributed by atoms with Crippen molar-refractivity contribution in [3.8, 4) is 0 Å². The van der Waals surface area contributed by atoms with Crippen LogP contribution in [0.2, 0.25) is 0 Å². The van der Waals surface area contributed by atoms with Crippen LogP contribution in [0.1, 0.15) is 67.2 Å². The van der Waals surface area contributed by atoms with E-state index < -0.39 is 29.2 Å². The van der Waals surface area contributed by atoms with Crippen LogP contribution in [0.25, 0.3) is 0 Å². The first-order valence-corrected chi connectivity index (χ1v) is 9.63. The van der Waals surface area contributed by atoms with E-state index >= 15 is 0 Å². The summed E-state index contributed by atoms with van der Waals surface area (Å²) >= 11 is 0. The Balaban J connectivity index is 2.59. The molecule has 6 heteroatoms. The summed E-state index contributed by atoms with van der Waals surface area (Å²) in [6, 6.07) is 0. The number of carbonyl (C=O) groups is 3. The van der Waals surface area contributed by atoms with Gasteiger partial charge in [0.2, 0.25) is 0 Å². The molecule has 6 nitrogen and oxygen atoms in total. The predicted octanol–water partition coefficient (Wildman–Crippen LogP) is 3.98. The molecule has 3 atom stereocenters. The van der Waals surface area contributed by atoms with Gasteiger partial charge in [0, 0.05) is 0 Å². The average Bonchev–Trinajstić information content (AvgIpc) is 2.56. The summed E-state index contributed by atoms with van der Waals surface area (Å²) in [6.45, 7) is 11.5. The highest BCUT2D eigenvalue weighted by atomic mass is 16.6. The van der Waals surface area contributed by atoms with Crippen molar-refractivity contribution in [3.05, 3.63) is 11.6 Å². The van der Waals surface area contributed by atoms with Crippen LogP contribution in [0, 0.1) is 22.7 Å². The molecular weight excluding hydrogens is 348 g/mol. The SMILES string of the molecule is CC(C)=CC(C)(C(=O)OCCOC(=O)C1CCCCC1C(=O)O)C(C)(C)C. The van der Waals surface area contributed by atoms with E-state index in [0.29, 0.717) is 12.8 Å². The molecule has 0 amide bonds. The van der Waals surface area contributed by atoms with E-state index in [1.54, 1.807) is 0 Å². The summed E-state index contributed by atoms with van der Waals surface area (Å²) < 4.78 is 10.6. The number of carboxylic acids is 1. The van der Waals surface area contributed by atoms with Crippen molar-refractivity contribution in [2.45, 2.75) is 67.2 Å². The first kappa shape index (κ1) is 23.2. The molecule has 0 aromatic heterocycles. The molecule has 0 aliphatic heterocycles. The summed E-state index contributed by atoms with van der Waals surface area (Å²) in [5.74, 6) is -3.13. The maximum absolute atomic E-state index is 12.6. The average molecular weight is 382 g/mol. The van der Waals surface area contributed by atoms with Crippen molar-refractivity contribution in [3.63, 3.8) is 0 Å². The lowest BCUT2D eigenvalue weighted by atomic mass is 9.67. The molecule has 1 aliphatic carbocycles. The lowest BCUT2D eigenvalue weighted by molar-refractivity contribution is -0.166. The van der Waals surface area contributed by atoms with Gasteiger partial charge >= 0.3 is 17.9 Å². The molecule has 3 unspecified atom stereocenters. The van der Waals surface area contributed by atoms with E-state index in [-0.39, 0.29) is 24.6 Å². The van der Waals surface area contributed by atoms with Crippen LogP contribution in [-0.4, -0.2) is 36.2 Å². The lowest BCUT2D eigenvalue weighted by Gasteiger charge is -2.37. The Bertz CT molecular complexity index is 582. The van der Waals surface area contributed by atoms with Crippen LogP contribution in [0.5, 0.6) is 0 Å². The van der Waals surface area contributed by atoms with E-state index in [0.717, 1.165) is 18.4 Å². The number of rotatable bonds is 7. The fraction of sp³-hybridized carbons (Fsp3) is 0.762. The van der Waals surface area contributed by atoms with Crippen LogP contribution < -0.4 is 0 Å². The summed E-state index contributed by atoms with van der Waals surface area (Å²) in [7, 11) is 0. The van der Waals surface area contributed by atoms with Crippen molar-refractivity contribution in [2.24, 2.45) is 22.7 Å². The zero-order valence-electron chi connectivity index (χ0n) is 17.5. The van der Waals surface area contributed by atoms with Gasteiger partial charge in [-0.15, -0.1) is 0 Å². The minimum absolute atomic E-state index is 0.0443. The highest BCUT2D eigenvalue weighted by molar-refractivity contribution is 5.81. The topological polar surface area (TPSA) is 89.9 Å². The van der Waals surface area contributed by atoms with Gasteiger partial charge in [-0.25, -0.2) is 0 Å². The fourth-order valence-corrected chi connectivity index (χ4v) is 3.40. The Morgan fingerprint density at radius 3 is 1.96 bits per heavy atom. The van der Waals surface area contributed by atoms with Crippen LogP contribution in [0.15, 0.2) is 11.6 Å². The third-order valence-corrected chi connectivity index (χ3v) is 5.51. The Morgan fingerprint density at radius 2 is 1.48 bits per heavy atom. The van der Waals surface area contributed by atoms with Gasteiger partial charge in [-0.3, -0.25) is 14.4 Å². The summed E-state index contributed by atoms with van der Waals surface area (Å²) in [5.41, 5.74) is -0.115. The van der Waals surface area contributed by atoms with Crippen LogP contribution in [0.4, 0.5) is 0 Å². The number of aliphatic carboxylic acids is 1. The van der Waals surface area contributed by atoms with Gasteiger partial charge < -0.3 is 14.6 Å². The molecule has 0 radical (unpaired) electrons. The second-order valence-corrected chi connectivity index (χ2v) is 8.81. The largest absolute Gasteiger partial charge is 0.481 e. The number of hydrogen-bond acceptors (Lipinski definition) is 5. The van der Waals surface area contributed by atoms with Crippen molar-refractivity contribution < 1.29 is 29.0 Å². The number of esters is 2. The standard InChI is InChI=1S/C21H34O6/c1-14(2)13-21(6,20(3,4)5)19(25)27-12-11-26-18(24)16-10-8-7-9-15(16)17(22)23/h13,15-16H,7-12H2,1-6H3,(H,22,23). The van der Waals surface area contributed by atoms with Crippen LogP contribution in [0.3, 0.4) is 0 Å². The summed E-state index contributed by atoms with van der Waals surface area (Å²) in [4.78, 5) is 36.2. The number of carbonyl (C=O) groups excluding carboxylic acids is 2. The van der Waals surface area contributed by atoms with Gasteiger partial charge in [0.05, 0.1) is 17.3 Å². The van der Waals surface area contributed by atoms with E-state index in [1.807, 2.05) is 47.6 Å². The fourth-order valence-electron chi connectivity index (χ4n) is 3.40. The number of allylic oxidation sites excluding steroid dienone is 1. The monoisotopic (exact) mass is 382 g/mol. The van der Waals surface area contributed by atoms with Gasteiger partial charge in [-0.2, -0.15) is 0 Å². The molecule has 0 heterocycles. The van der Waals surface area contributed by atoms with E-state index in [4.69, 9.17) is 9.47 Å². The minimum Gasteiger partial charge on any atom is -0.481 e. The van der Waals surface area contributed by atoms with Crippen LogP contribution >= 0.6 is 0 Å². The Labute approximate surface area is 162 Å². The molecule has 0 spiro atoms. The third kappa shape index (κ3) is 6.08. The first-order chi connectivity index (χ1) is 12.4. The predicted molar refractivity (Wildman–Crippen MR) is 102 cm³/mol. The van der Waals surface area contributed by atoms with Crippen molar-refractivity contribution in [1.29, 1.82) is 0 Å². The molecule has 0 bridgehead atoms. The van der Waals surface area contributed by atoms with Crippen molar-refractivity contribution in [2.75, 3.05) is 13.2 Å². The van der Waals surface area contributed by atoms with E-state index in [1.165, 1.54) is 0 Å². The van der Waals surface area contributed by atoms with Crippen LogP contribution in [-0.2, 0) is 23.9 Å². The number of hydrogen-bond donors (Lipinski definition) is 1. The number of carboxylic acid groups (broad SMARTS) is 1. The highest BCUT2D eigenvalue weighted by Crippen LogP contribution is 2.41. The number of ether oxygens (including phenoxy) is 2. The molecule has 154 valence electrons. The zero-order chi connectivity index (χ0) is 20.8. The second kappa shape index (κ2) is 9.38. The molecule has 1 N–H and O–H groups in total. The smallest absolute Gasteiger partial charge is 0.316 e. The molecule has 0 aromatic rings. The molecular formula is C21H34O6. The summed E-state index contributed by atoms with van der Waals surface area (Å²) in [6.07, 6.45) is 4.56. The minimum atomic E-state index is -0.953. The summed E-state index contributed by atoms with van der Waals surface area (Å²) in [5, 5.41) is 9.26. The van der Waals surface area contributed by atoms with Gasteiger partial charge in [0.25, 0.3) is 0 Å². The Kier molecular flexibility index (Phi) is 8.05. The van der Waals surface area contributed by atoms with Gasteiger partial charge in [-0.1, -0.05) is 45.3 Å². The highest BCUT2D eigenvalue weighted by Gasteiger charge is 2.44. The van der Waals surface area contributed by atoms with Crippen molar-refractivity contribution >= 4 is 17.9 Å². The molecule has 1 saturated carbocycles. The molecule has 27 heavy (non-hydrogen) atoms. The van der Waals surface area contributed by atoms with Gasteiger partial charge in [0.15, 0.2) is 0 Å². The normalized spacial score (nSPS) is 22.3. The zero-order valence-corrected chi connectivity index (χ0v) is 17.5. The molecule has 1 aliphatic rings. The first-order valence-electron chi connectivity index (χ1n) is 9.63. The second-order valence-electron chi connectivity index (χ2n) is 8.81. The Hall–Kier alpha value is -1.85. The van der Waals surface area contributed by atoms with Crippen molar-refractivity contribution in [1.82, 2.24) is 0 Å². The maximum atomic E-state index is 12.6. The quantitative estimate of drug-likeness (QED) is 0.407.